The maximum atomic E-state index is 10.1. The fraction of sp³-hybridized carbons (Fsp3) is 0.500. The van der Waals surface area contributed by atoms with Gasteiger partial charge in [0.2, 0.25) is 0 Å². The minimum absolute atomic E-state index is 0.139. The van der Waals surface area contributed by atoms with Gasteiger partial charge in [-0.3, -0.25) is 4.79 Å². The summed E-state index contributed by atoms with van der Waals surface area (Å²) in [4.78, 5) is 10.1. The Morgan fingerprint density at radius 1 is 2.00 bits per heavy atom. The van der Waals surface area contributed by atoms with Gasteiger partial charge in [-0.1, -0.05) is 11.6 Å². The van der Waals surface area contributed by atoms with Gasteiger partial charge in [0, 0.05) is 0 Å². The van der Waals surface area contributed by atoms with Crippen molar-refractivity contribution in [3.05, 3.63) is 11.6 Å². The Balaban J connectivity index is 2.49. The molecule has 2 nitrogen and oxygen atoms in total. The molecule has 0 spiro atoms. The van der Waals surface area contributed by atoms with Gasteiger partial charge in [-0.15, -0.1) is 0 Å². The van der Waals surface area contributed by atoms with Crippen molar-refractivity contribution in [2.45, 2.75) is 13.3 Å². The van der Waals surface area contributed by atoms with Crippen molar-refractivity contribution in [3.63, 3.8) is 0 Å². The van der Waals surface area contributed by atoms with Crippen molar-refractivity contribution in [2.24, 2.45) is 5.92 Å². The highest BCUT2D eigenvalue weighted by molar-refractivity contribution is 5.78. The molecule has 0 unspecified atom stereocenters. The van der Waals surface area contributed by atoms with Crippen LogP contribution in [0.15, 0.2) is 11.6 Å². The first-order valence-corrected chi connectivity index (χ1v) is 2.63. The van der Waals surface area contributed by atoms with E-state index in [4.69, 9.17) is 5.11 Å². The summed E-state index contributed by atoms with van der Waals surface area (Å²) in [6.45, 7) is 1.87. The van der Waals surface area contributed by atoms with E-state index < -0.39 is 5.97 Å². The van der Waals surface area contributed by atoms with Crippen molar-refractivity contribution < 1.29 is 9.90 Å². The van der Waals surface area contributed by atoms with Crippen LogP contribution in [-0.4, -0.2) is 11.1 Å². The van der Waals surface area contributed by atoms with Crippen molar-refractivity contribution in [3.8, 4) is 0 Å². The molecule has 0 aromatic heterocycles. The van der Waals surface area contributed by atoms with E-state index in [1.807, 2.05) is 13.0 Å². The standard InChI is InChI=1S/C6H8O2/c1-2-4-3-5(4)6(7)8/h2,5H,3H2,1H3,(H,7,8)/b4-2-/t5-/m1/s1. The van der Waals surface area contributed by atoms with Crippen molar-refractivity contribution >= 4 is 5.97 Å². The Morgan fingerprint density at radius 3 is 2.75 bits per heavy atom. The van der Waals surface area contributed by atoms with Gasteiger partial charge in [0.05, 0.1) is 5.92 Å². The molecular weight excluding hydrogens is 104 g/mol. The summed E-state index contributed by atoms with van der Waals surface area (Å²) in [7, 11) is 0. The molecule has 0 amide bonds. The van der Waals surface area contributed by atoms with Crippen LogP contribution in [0.4, 0.5) is 0 Å². The molecule has 0 heterocycles. The van der Waals surface area contributed by atoms with E-state index in [1.54, 1.807) is 0 Å². The zero-order valence-corrected chi connectivity index (χ0v) is 4.72. The molecule has 1 N–H and O–H groups in total. The molecule has 1 rings (SSSR count). The third-order valence-corrected chi connectivity index (χ3v) is 1.40. The van der Waals surface area contributed by atoms with E-state index in [-0.39, 0.29) is 5.92 Å². The van der Waals surface area contributed by atoms with Gasteiger partial charge in [-0.25, -0.2) is 0 Å². The van der Waals surface area contributed by atoms with Gasteiger partial charge < -0.3 is 5.11 Å². The lowest BCUT2D eigenvalue weighted by Crippen LogP contribution is -1.95. The molecule has 0 aromatic carbocycles. The number of allylic oxidation sites excluding steroid dienone is 1. The summed E-state index contributed by atoms with van der Waals surface area (Å²) in [5, 5.41) is 8.31. The lowest BCUT2D eigenvalue weighted by Gasteiger charge is -1.77. The first-order chi connectivity index (χ1) is 3.75. The molecule has 1 aliphatic rings. The van der Waals surface area contributed by atoms with Crippen molar-refractivity contribution in [2.75, 3.05) is 0 Å². The van der Waals surface area contributed by atoms with Crippen molar-refractivity contribution in [1.29, 1.82) is 0 Å². The van der Waals surface area contributed by atoms with Crippen molar-refractivity contribution in [1.82, 2.24) is 0 Å². The lowest BCUT2D eigenvalue weighted by molar-refractivity contribution is -0.138. The Bertz CT molecular complexity index is 147. The van der Waals surface area contributed by atoms with E-state index in [0.717, 1.165) is 12.0 Å². The third kappa shape index (κ3) is 0.735. The second-order valence-corrected chi connectivity index (χ2v) is 1.96. The first-order valence-electron chi connectivity index (χ1n) is 2.63. The maximum absolute atomic E-state index is 10.1. The predicted octanol–water partition coefficient (Wildman–Crippen LogP) is 1.04. The third-order valence-electron chi connectivity index (χ3n) is 1.40. The van der Waals surface area contributed by atoms with Crippen LogP contribution in [0.1, 0.15) is 13.3 Å². The van der Waals surface area contributed by atoms with E-state index >= 15 is 0 Å². The average molecular weight is 112 g/mol. The number of hydrogen-bond donors (Lipinski definition) is 1. The number of carboxylic acids is 1. The minimum atomic E-state index is -0.682. The second kappa shape index (κ2) is 1.62. The largest absolute Gasteiger partial charge is 0.481 e. The number of aliphatic carboxylic acids is 1. The number of carboxylic acid groups (broad SMARTS) is 1. The van der Waals surface area contributed by atoms with E-state index in [9.17, 15) is 4.79 Å². The van der Waals surface area contributed by atoms with Crippen LogP contribution < -0.4 is 0 Å². The summed E-state index contributed by atoms with van der Waals surface area (Å²) in [5.41, 5.74) is 1.07. The summed E-state index contributed by atoms with van der Waals surface area (Å²) < 4.78 is 0. The first kappa shape index (κ1) is 5.35. The Morgan fingerprint density at radius 2 is 2.62 bits per heavy atom. The molecule has 1 fully saturated rings. The molecular formula is C6H8O2. The number of rotatable bonds is 1. The molecule has 1 atom stereocenters. The monoisotopic (exact) mass is 112 g/mol. The molecule has 2 heteroatoms. The van der Waals surface area contributed by atoms with Gasteiger partial charge in [-0.05, 0) is 13.3 Å². The van der Waals surface area contributed by atoms with E-state index in [1.165, 1.54) is 0 Å². The minimum Gasteiger partial charge on any atom is -0.481 e. The Labute approximate surface area is 47.8 Å². The number of hydrogen-bond acceptors (Lipinski definition) is 1. The molecule has 8 heavy (non-hydrogen) atoms. The van der Waals surface area contributed by atoms with Crippen LogP contribution in [0.5, 0.6) is 0 Å². The predicted molar refractivity (Wildman–Crippen MR) is 29.5 cm³/mol. The summed E-state index contributed by atoms with van der Waals surface area (Å²) >= 11 is 0. The van der Waals surface area contributed by atoms with Crippen LogP contribution in [0.2, 0.25) is 0 Å². The molecule has 1 saturated carbocycles. The summed E-state index contributed by atoms with van der Waals surface area (Å²) in [6.07, 6.45) is 2.64. The molecule has 0 saturated heterocycles. The van der Waals surface area contributed by atoms with Crippen LogP contribution in [0.25, 0.3) is 0 Å². The quantitative estimate of drug-likeness (QED) is 0.514. The average Bonchev–Trinajstić information content (AvgIpc) is 2.42. The molecule has 0 bridgehead atoms. The van der Waals surface area contributed by atoms with Gasteiger partial charge in [0.15, 0.2) is 0 Å². The second-order valence-electron chi connectivity index (χ2n) is 1.96. The smallest absolute Gasteiger partial charge is 0.310 e. The van der Waals surface area contributed by atoms with Gasteiger partial charge in [0.25, 0.3) is 0 Å². The molecule has 44 valence electrons. The van der Waals surface area contributed by atoms with E-state index in [0.29, 0.717) is 0 Å². The van der Waals surface area contributed by atoms with Gasteiger partial charge in [-0.2, -0.15) is 0 Å². The van der Waals surface area contributed by atoms with Crippen LogP contribution in [0.3, 0.4) is 0 Å². The highest BCUT2D eigenvalue weighted by Gasteiger charge is 2.35. The summed E-state index contributed by atoms with van der Waals surface area (Å²) in [5.74, 6) is -0.821. The molecule has 0 aromatic rings. The topological polar surface area (TPSA) is 37.3 Å². The van der Waals surface area contributed by atoms with Crippen LogP contribution in [-0.2, 0) is 4.79 Å². The highest BCUT2D eigenvalue weighted by Crippen LogP contribution is 2.37. The molecule has 1 aliphatic carbocycles. The Hall–Kier alpha value is -0.790. The molecule has 0 aliphatic heterocycles. The fourth-order valence-corrected chi connectivity index (χ4v) is 0.742. The number of carbonyl (C=O) groups is 1. The van der Waals surface area contributed by atoms with Crippen LogP contribution in [0, 0.1) is 5.92 Å². The normalized spacial score (nSPS) is 30.6. The van der Waals surface area contributed by atoms with Gasteiger partial charge in [0.1, 0.15) is 0 Å². The Kier molecular flexibility index (Phi) is 1.08. The van der Waals surface area contributed by atoms with Crippen LogP contribution >= 0.6 is 0 Å². The summed E-state index contributed by atoms with van der Waals surface area (Å²) in [6, 6.07) is 0. The maximum Gasteiger partial charge on any atom is 0.310 e. The zero-order valence-electron chi connectivity index (χ0n) is 4.72. The lowest BCUT2D eigenvalue weighted by atomic mass is 10.4. The van der Waals surface area contributed by atoms with E-state index in [2.05, 4.69) is 0 Å². The SMILES string of the molecule is C/C=C1/C[C@H]1C(=O)O. The zero-order chi connectivity index (χ0) is 6.15. The van der Waals surface area contributed by atoms with Gasteiger partial charge >= 0.3 is 5.97 Å². The highest BCUT2D eigenvalue weighted by atomic mass is 16.4. The fourth-order valence-electron chi connectivity index (χ4n) is 0.742. The molecule has 0 radical (unpaired) electrons.